The highest BCUT2D eigenvalue weighted by molar-refractivity contribution is 7.89. The molecule has 0 radical (unpaired) electrons. The van der Waals surface area contributed by atoms with Gasteiger partial charge in [-0.2, -0.15) is 4.31 Å². The van der Waals surface area contributed by atoms with Gasteiger partial charge in [-0.25, -0.2) is 8.42 Å². The van der Waals surface area contributed by atoms with Crippen molar-refractivity contribution >= 4 is 33.2 Å². The largest absolute Gasteiger partial charge is 0.326 e. The Labute approximate surface area is 160 Å². The minimum Gasteiger partial charge on any atom is -0.326 e. The molecule has 2 aromatic rings. The quantitative estimate of drug-likeness (QED) is 0.737. The van der Waals surface area contributed by atoms with E-state index in [1.165, 1.54) is 4.31 Å². The van der Waals surface area contributed by atoms with Crippen molar-refractivity contribution in [1.29, 1.82) is 0 Å². The van der Waals surface area contributed by atoms with Crippen molar-refractivity contribution in [2.24, 2.45) is 0 Å². The fourth-order valence-electron chi connectivity index (χ4n) is 2.59. The number of hydrogen-bond donors (Lipinski definition) is 1. The predicted octanol–water partition coefficient (Wildman–Crippen LogP) is 3.94. The molecule has 26 heavy (non-hydrogen) atoms. The number of anilines is 1. The third kappa shape index (κ3) is 5.30. The van der Waals surface area contributed by atoms with E-state index in [1.807, 2.05) is 13.8 Å². The second-order valence-electron chi connectivity index (χ2n) is 5.79. The van der Waals surface area contributed by atoms with Crippen LogP contribution in [0.1, 0.15) is 25.8 Å². The Morgan fingerprint density at radius 2 is 1.73 bits per heavy atom. The summed E-state index contributed by atoms with van der Waals surface area (Å²) in [6, 6.07) is 13.7. The summed E-state index contributed by atoms with van der Waals surface area (Å²) in [5.74, 6) is -0.118. The van der Waals surface area contributed by atoms with Gasteiger partial charge < -0.3 is 5.32 Å². The molecule has 140 valence electrons. The first-order chi connectivity index (χ1) is 12.4. The van der Waals surface area contributed by atoms with Crippen LogP contribution in [0.2, 0.25) is 5.02 Å². The predicted molar refractivity (Wildman–Crippen MR) is 105 cm³/mol. The Morgan fingerprint density at radius 1 is 1.08 bits per heavy atom. The molecule has 0 fully saturated rings. The Kier molecular flexibility index (Phi) is 7.20. The summed E-state index contributed by atoms with van der Waals surface area (Å²) in [6.07, 6.45) is 0.826. The zero-order valence-corrected chi connectivity index (χ0v) is 16.5. The number of sulfonamides is 1. The van der Waals surface area contributed by atoms with E-state index in [4.69, 9.17) is 11.6 Å². The number of hydrogen-bond acceptors (Lipinski definition) is 3. The summed E-state index contributed by atoms with van der Waals surface area (Å²) in [6.45, 7) is 4.50. The lowest BCUT2D eigenvalue weighted by Gasteiger charge is -2.18. The summed E-state index contributed by atoms with van der Waals surface area (Å²) < 4.78 is 26.3. The molecule has 2 aromatic carbocycles. The number of halogens is 1. The van der Waals surface area contributed by atoms with Crippen molar-refractivity contribution in [2.75, 3.05) is 18.4 Å². The Hall–Kier alpha value is -1.89. The van der Waals surface area contributed by atoms with Crippen LogP contribution < -0.4 is 5.32 Å². The lowest BCUT2D eigenvalue weighted by atomic mass is 10.1. The van der Waals surface area contributed by atoms with Crippen molar-refractivity contribution in [3.8, 4) is 0 Å². The smallest absolute Gasteiger partial charge is 0.243 e. The number of benzene rings is 2. The maximum Gasteiger partial charge on any atom is 0.243 e. The number of aryl methyl sites for hydroxylation is 1. The fourth-order valence-corrected chi connectivity index (χ4v) is 4.24. The van der Waals surface area contributed by atoms with Gasteiger partial charge in [-0.15, -0.1) is 0 Å². The molecule has 1 N–H and O–H groups in total. The van der Waals surface area contributed by atoms with Crippen molar-refractivity contribution in [3.05, 3.63) is 59.1 Å². The third-order valence-corrected chi connectivity index (χ3v) is 6.31. The number of nitrogens with zero attached hydrogens (tertiary/aromatic N) is 1. The normalized spacial score (nSPS) is 11.5. The molecule has 5 nitrogen and oxygen atoms in total. The molecule has 0 aliphatic carbocycles. The molecule has 0 spiro atoms. The van der Waals surface area contributed by atoms with Gasteiger partial charge in [-0.1, -0.05) is 43.6 Å². The first-order valence-corrected chi connectivity index (χ1v) is 10.3. The standard InChI is InChI=1S/C19H23ClN2O3S/c1-3-22(4-2)26(24,25)18-11-8-15(9-12-18)10-13-19(23)21-17-7-5-6-16(20)14-17/h5-9,11-12,14H,3-4,10,13H2,1-2H3,(H,21,23). The van der Waals surface area contributed by atoms with Crippen LogP contribution in [0.15, 0.2) is 53.4 Å². The molecule has 0 bridgehead atoms. The van der Waals surface area contributed by atoms with Crippen LogP contribution >= 0.6 is 11.6 Å². The van der Waals surface area contributed by atoms with Gasteiger partial charge in [0.15, 0.2) is 0 Å². The molecular weight excluding hydrogens is 372 g/mol. The Morgan fingerprint density at radius 3 is 2.31 bits per heavy atom. The topological polar surface area (TPSA) is 66.5 Å². The highest BCUT2D eigenvalue weighted by Crippen LogP contribution is 2.18. The van der Waals surface area contributed by atoms with Gasteiger partial charge in [-0.3, -0.25) is 4.79 Å². The van der Waals surface area contributed by atoms with Crippen molar-refractivity contribution in [2.45, 2.75) is 31.6 Å². The maximum atomic E-state index is 12.5. The number of nitrogens with one attached hydrogen (secondary N) is 1. The number of carbonyl (C=O) groups is 1. The summed E-state index contributed by atoms with van der Waals surface area (Å²) in [7, 11) is -3.45. The average molecular weight is 395 g/mol. The second kappa shape index (κ2) is 9.16. The van der Waals surface area contributed by atoms with Crippen LogP contribution in [0.25, 0.3) is 0 Å². The second-order valence-corrected chi connectivity index (χ2v) is 8.17. The van der Waals surface area contributed by atoms with Crippen LogP contribution in [0.4, 0.5) is 5.69 Å². The molecule has 0 saturated heterocycles. The van der Waals surface area contributed by atoms with E-state index < -0.39 is 10.0 Å². The number of amides is 1. The van der Waals surface area contributed by atoms with Crippen LogP contribution in [0.3, 0.4) is 0 Å². The summed E-state index contributed by atoms with van der Waals surface area (Å²) in [4.78, 5) is 12.3. The van der Waals surface area contributed by atoms with Crippen molar-refractivity contribution in [3.63, 3.8) is 0 Å². The summed E-state index contributed by atoms with van der Waals surface area (Å²) in [5.41, 5.74) is 1.56. The van der Waals surface area contributed by atoms with Crippen LogP contribution in [-0.4, -0.2) is 31.7 Å². The highest BCUT2D eigenvalue weighted by Gasteiger charge is 2.21. The van der Waals surface area contributed by atoms with Gasteiger partial charge in [0.25, 0.3) is 0 Å². The van der Waals surface area contributed by atoms with E-state index in [-0.39, 0.29) is 10.8 Å². The zero-order chi connectivity index (χ0) is 19.2. The van der Waals surface area contributed by atoms with E-state index in [0.717, 1.165) is 5.56 Å². The minimum absolute atomic E-state index is 0.118. The molecule has 0 aliphatic rings. The minimum atomic E-state index is -3.45. The molecule has 0 aliphatic heterocycles. The van der Waals surface area contributed by atoms with Gasteiger partial charge in [0, 0.05) is 30.2 Å². The van der Waals surface area contributed by atoms with Gasteiger partial charge in [0.2, 0.25) is 15.9 Å². The lowest BCUT2D eigenvalue weighted by molar-refractivity contribution is -0.116. The molecular formula is C19H23ClN2O3S. The molecule has 0 unspecified atom stereocenters. The van der Waals surface area contributed by atoms with Gasteiger partial charge in [0.05, 0.1) is 4.90 Å². The average Bonchev–Trinajstić information content (AvgIpc) is 2.61. The van der Waals surface area contributed by atoms with Gasteiger partial charge in [-0.05, 0) is 42.3 Å². The van der Waals surface area contributed by atoms with E-state index in [1.54, 1.807) is 48.5 Å². The van der Waals surface area contributed by atoms with Crippen LogP contribution in [-0.2, 0) is 21.2 Å². The molecule has 2 rings (SSSR count). The number of rotatable bonds is 8. The first kappa shape index (κ1) is 20.4. The molecule has 0 atom stereocenters. The molecule has 0 heterocycles. The van der Waals surface area contributed by atoms with Crippen molar-refractivity contribution < 1.29 is 13.2 Å². The fraction of sp³-hybridized carbons (Fsp3) is 0.316. The van der Waals surface area contributed by atoms with E-state index in [0.29, 0.717) is 36.6 Å². The first-order valence-electron chi connectivity index (χ1n) is 8.51. The van der Waals surface area contributed by atoms with Crippen LogP contribution in [0, 0.1) is 0 Å². The Balaban J connectivity index is 1.96. The van der Waals surface area contributed by atoms with E-state index in [2.05, 4.69) is 5.32 Å². The maximum absolute atomic E-state index is 12.5. The van der Waals surface area contributed by atoms with Gasteiger partial charge in [0.1, 0.15) is 0 Å². The highest BCUT2D eigenvalue weighted by atomic mass is 35.5. The van der Waals surface area contributed by atoms with Crippen LogP contribution in [0.5, 0.6) is 0 Å². The molecule has 7 heteroatoms. The Bertz CT molecular complexity index is 847. The third-order valence-electron chi connectivity index (χ3n) is 4.02. The monoisotopic (exact) mass is 394 g/mol. The lowest BCUT2D eigenvalue weighted by Crippen LogP contribution is -2.30. The van der Waals surface area contributed by atoms with Gasteiger partial charge >= 0.3 is 0 Å². The number of carbonyl (C=O) groups excluding carboxylic acids is 1. The molecule has 0 aromatic heterocycles. The van der Waals surface area contributed by atoms with Crippen molar-refractivity contribution in [1.82, 2.24) is 4.31 Å². The SMILES string of the molecule is CCN(CC)S(=O)(=O)c1ccc(CCC(=O)Nc2cccc(Cl)c2)cc1. The molecule has 0 saturated carbocycles. The molecule has 1 amide bonds. The zero-order valence-electron chi connectivity index (χ0n) is 14.9. The summed E-state index contributed by atoms with van der Waals surface area (Å²) in [5, 5.41) is 3.36. The van der Waals surface area contributed by atoms with E-state index >= 15 is 0 Å². The summed E-state index contributed by atoms with van der Waals surface area (Å²) >= 11 is 5.89. The van der Waals surface area contributed by atoms with E-state index in [9.17, 15) is 13.2 Å².